The summed E-state index contributed by atoms with van der Waals surface area (Å²) in [5, 5.41) is 14.1. The Balaban J connectivity index is 1.52. The zero-order chi connectivity index (χ0) is 16.9. The van der Waals surface area contributed by atoms with Gasteiger partial charge in [-0.2, -0.15) is 0 Å². The lowest BCUT2D eigenvalue weighted by Gasteiger charge is -2.11. The number of nitrogens with one attached hydrogen (secondary N) is 2. The van der Waals surface area contributed by atoms with E-state index in [1.807, 2.05) is 55.6 Å². The Kier molecular flexibility index (Phi) is 4.96. The van der Waals surface area contributed by atoms with Crippen molar-refractivity contribution in [3.8, 4) is 0 Å². The molecule has 3 rings (SSSR count). The van der Waals surface area contributed by atoms with Gasteiger partial charge in [0.05, 0.1) is 12.5 Å². The number of aromatic amines is 1. The minimum Gasteiger partial charge on any atom is -0.388 e. The van der Waals surface area contributed by atoms with Crippen LogP contribution in [0.3, 0.4) is 0 Å². The maximum absolute atomic E-state index is 12.1. The van der Waals surface area contributed by atoms with E-state index in [4.69, 9.17) is 0 Å². The summed E-state index contributed by atoms with van der Waals surface area (Å²) in [4.78, 5) is 15.3. The number of carbonyl (C=O) groups is 1. The number of amides is 1. The number of carbonyl (C=O) groups excluding carboxylic acids is 1. The van der Waals surface area contributed by atoms with Crippen LogP contribution in [0.15, 0.2) is 54.7 Å². The lowest BCUT2D eigenvalue weighted by atomic mass is 10.1. The Morgan fingerprint density at radius 2 is 2.00 bits per heavy atom. The van der Waals surface area contributed by atoms with Crippen molar-refractivity contribution in [3.63, 3.8) is 0 Å². The molecule has 0 bridgehead atoms. The molecular weight excluding hydrogens is 300 g/mol. The van der Waals surface area contributed by atoms with Crippen LogP contribution in [0.5, 0.6) is 0 Å². The zero-order valence-corrected chi connectivity index (χ0v) is 13.8. The fraction of sp³-hybridized carbons (Fsp3) is 0.250. The summed E-state index contributed by atoms with van der Waals surface area (Å²) in [5.74, 6) is -0.0308. The van der Waals surface area contributed by atoms with Crippen LogP contribution in [0.25, 0.3) is 10.9 Å². The molecule has 24 heavy (non-hydrogen) atoms. The summed E-state index contributed by atoms with van der Waals surface area (Å²) in [6.07, 6.45) is 2.18. The first-order valence-corrected chi connectivity index (χ1v) is 8.20. The van der Waals surface area contributed by atoms with Crippen LogP contribution in [-0.4, -0.2) is 22.5 Å². The molecule has 0 aliphatic heterocycles. The standard InChI is InChI=1S/C20H22N2O2/c1-14-7-8-17-16(13-22-18(17)11-14)12-20(24)21-10-9-19(23)15-5-3-2-4-6-15/h2-8,11,13,19,22-23H,9-10,12H2,1H3,(H,21,24). The molecule has 1 unspecified atom stereocenters. The molecule has 4 heteroatoms. The molecule has 2 aromatic carbocycles. The van der Waals surface area contributed by atoms with Gasteiger partial charge in [-0.05, 0) is 36.1 Å². The van der Waals surface area contributed by atoms with Crippen LogP contribution >= 0.6 is 0 Å². The van der Waals surface area contributed by atoms with Gasteiger partial charge < -0.3 is 15.4 Å². The van der Waals surface area contributed by atoms with Crippen molar-refractivity contribution >= 4 is 16.8 Å². The van der Waals surface area contributed by atoms with E-state index in [2.05, 4.69) is 16.4 Å². The summed E-state index contributed by atoms with van der Waals surface area (Å²) < 4.78 is 0. The lowest BCUT2D eigenvalue weighted by molar-refractivity contribution is -0.120. The van der Waals surface area contributed by atoms with Crippen LogP contribution in [-0.2, 0) is 11.2 Å². The van der Waals surface area contributed by atoms with Gasteiger partial charge in [0.25, 0.3) is 0 Å². The number of H-pyrrole nitrogens is 1. The molecule has 1 heterocycles. The molecule has 3 aromatic rings. The normalized spacial score (nSPS) is 12.2. The van der Waals surface area contributed by atoms with Gasteiger partial charge in [0, 0.05) is 23.6 Å². The number of aliphatic hydroxyl groups is 1. The first-order chi connectivity index (χ1) is 11.6. The Morgan fingerprint density at radius 1 is 1.21 bits per heavy atom. The first-order valence-electron chi connectivity index (χ1n) is 8.20. The van der Waals surface area contributed by atoms with Gasteiger partial charge in [-0.1, -0.05) is 42.5 Å². The van der Waals surface area contributed by atoms with Gasteiger partial charge in [0.15, 0.2) is 0 Å². The van der Waals surface area contributed by atoms with Crippen molar-refractivity contribution in [1.82, 2.24) is 10.3 Å². The third kappa shape index (κ3) is 3.84. The fourth-order valence-electron chi connectivity index (χ4n) is 2.87. The van der Waals surface area contributed by atoms with Crippen LogP contribution in [0.4, 0.5) is 0 Å². The highest BCUT2D eigenvalue weighted by Crippen LogP contribution is 2.20. The summed E-state index contributed by atoms with van der Waals surface area (Å²) in [7, 11) is 0. The highest BCUT2D eigenvalue weighted by molar-refractivity contribution is 5.89. The van der Waals surface area contributed by atoms with Crippen molar-refractivity contribution in [2.75, 3.05) is 6.54 Å². The molecule has 3 N–H and O–H groups in total. The molecule has 0 radical (unpaired) electrons. The van der Waals surface area contributed by atoms with E-state index < -0.39 is 6.10 Å². The van der Waals surface area contributed by atoms with Crippen LogP contribution in [0.1, 0.15) is 29.2 Å². The number of aliphatic hydroxyl groups excluding tert-OH is 1. The minimum absolute atomic E-state index is 0.0308. The molecule has 0 aliphatic rings. The maximum atomic E-state index is 12.1. The summed E-state index contributed by atoms with van der Waals surface area (Å²) in [5.41, 5.74) is 4.11. The van der Waals surface area contributed by atoms with E-state index in [0.717, 1.165) is 22.0 Å². The van der Waals surface area contributed by atoms with E-state index in [1.165, 1.54) is 5.56 Å². The Bertz CT molecular complexity index is 824. The number of aromatic nitrogens is 1. The monoisotopic (exact) mass is 322 g/mol. The molecule has 0 fully saturated rings. The van der Waals surface area contributed by atoms with Crippen LogP contribution < -0.4 is 5.32 Å². The average molecular weight is 322 g/mol. The maximum Gasteiger partial charge on any atom is 0.224 e. The van der Waals surface area contributed by atoms with Gasteiger partial charge >= 0.3 is 0 Å². The van der Waals surface area contributed by atoms with Crippen LogP contribution in [0.2, 0.25) is 0 Å². The molecule has 0 saturated carbocycles. The quantitative estimate of drug-likeness (QED) is 0.652. The third-order valence-electron chi connectivity index (χ3n) is 4.20. The smallest absolute Gasteiger partial charge is 0.224 e. The number of rotatable bonds is 6. The van der Waals surface area contributed by atoms with E-state index in [9.17, 15) is 9.90 Å². The molecule has 1 aromatic heterocycles. The van der Waals surface area contributed by atoms with Crippen molar-refractivity contribution in [3.05, 3.63) is 71.4 Å². The molecule has 124 valence electrons. The molecular formula is C20H22N2O2. The predicted molar refractivity (Wildman–Crippen MR) is 95.8 cm³/mol. The molecule has 0 spiro atoms. The Hall–Kier alpha value is -2.59. The number of fused-ring (bicyclic) bond motifs is 1. The Labute approximate surface area is 141 Å². The van der Waals surface area contributed by atoms with Crippen molar-refractivity contribution < 1.29 is 9.90 Å². The first kappa shape index (κ1) is 16.3. The second-order valence-corrected chi connectivity index (χ2v) is 6.10. The summed E-state index contributed by atoms with van der Waals surface area (Å²) >= 11 is 0. The largest absolute Gasteiger partial charge is 0.388 e. The SMILES string of the molecule is Cc1ccc2c(CC(=O)NCCC(O)c3ccccc3)c[nH]c2c1. The molecule has 4 nitrogen and oxygen atoms in total. The lowest BCUT2D eigenvalue weighted by Crippen LogP contribution is -2.27. The third-order valence-corrected chi connectivity index (χ3v) is 4.20. The number of hydrogen-bond donors (Lipinski definition) is 3. The van der Waals surface area contributed by atoms with Crippen molar-refractivity contribution in [1.29, 1.82) is 0 Å². The molecule has 1 atom stereocenters. The highest BCUT2D eigenvalue weighted by atomic mass is 16.3. The minimum atomic E-state index is -0.553. The molecule has 0 aliphatic carbocycles. The van der Waals surface area contributed by atoms with Gasteiger partial charge in [0.1, 0.15) is 0 Å². The van der Waals surface area contributed by atoms with Gasteiger partial charge in [-0.15, -0.1) is 0 Å². The van der Waals surface area contributed by atoms with Gasteiger partial charge in [0.2, 0.25) is 5.91 Å². The summed E-state index contributed by atoms with van der Waals surface area (Å²) in [6, 6.07) is 15.7. The number of hydrogen-bond acceptors (Lipinski definition) is 2. The average Bonchev–Trinajstić information content (AvgIpc) is 2.97. The van der Waals surface area contributed by atoms with Crippen LogP contribution in [0, 0.1) is 6.92 Å². The topological polar surface area (TPSA) is 65.1 Å². The predicted octanol–water partition coefficient (Wildman–Crippen LogP) is 3.26. The van der Waals surface area contributed by atoms with Gasteiger partial charge in [-0.25, -0.2) is 0 Å². The van der Waals surface area contributed by atoms with Crippen molar-refractivity contribution in [2.45, 2.75) is 25.9 Å². The van der Waals surface area contributed by atoms with Crippen molar-refractivity contribution in [2.24, 2.45) is 0 Å². The number of benzene rings is 2. The van der Waals surface area contributed by atoms with E-state index >= 15 is 0 Å². The van der Waals surface area contributed by atoms with E-state index in [1.54, 1.807) is 0 Å². The summed E-state index contributed by atoms with van der Waals surface area (Å²) in [6.45, 7) is 2.50. The van der Waals surface area contributed by atoms with E-state index in [-0.39, 0.29) is 5.91 Å². The zero-order valence-electron chi connectivity index (χ0n) is 13.8. The second-order valence-electron chi connectivity index (χ2n) is 6.10. The van der Waals surface area contributed by atoms with Gasteiger partial charge in [-0.3, -0.25) is 4.79 Å². The second kappa shape index (κ2) is 7.32. The Morgan fingerprint density at radius 3 is 2.79 bits per heavy atom. The van der Waals surface area contributed by atoms with E-state index in [0.29, 0.717) is 19.4 Å². The highest BCUT2D eigenvalue weighted by Gasteiger charge is 2.10. The fourth-order valence-corrected chi connectivity index (χ4v) is 2.87. The molecule has 0 saturated heterocycles. The number of aryl methyl sites for hydroxylation is 1. The molecule has 1 amide bonds.